The highest BCUT2D eigenvalue weighted by atomic mass is 35.5. The third-order valence-corrected chi connectivity index (χ3v) is 2.93. The number of halogens is 4. The van der Waals surface area contributed by atoms with Gasteiger partial charge >= 0.3 is 5.97 Å². The predicted octanol–water partition coefficient (Wildman–Crippen LogP) is 4.02. The summed E-state index contributed by atoms with van der Waals surface area (Å²) in [6.07, 6.45) is 0. The lowest BCUT2D eigenvalue weighted by atomic mass is 10.2. The van der Waals surface area contributed by atoms with E-state index in [1.54, 1.807) is 0 Å². The van der Waals surface area contributed by atoms with Crippen LogP contribution in [0.15, 0.2) is 30.3 Å². The second kappa shape index (κ2) is 6.15. The first kappa shape index (κ1) is 14.7. The molecule has 0 radical (unpaired) electrons. The molecule has 2 rings (SSSR count). The number of rotatable bonds is 3. The molecule has 7 heteroatoms. The maximum atomic E-state index is 13.0. The minimum Gasteiger partial charge on any atom is -0.456 e. The van der Waals surface area contributed by atoms with Gasteiger partial charge in [0.2, 0.25) is 0 Å². The van der Waals surface area contributed by atoms with Gasteiger partial charge in [0, 0.05) is 0 Å². The number of esters is 1. The Balaban J connectivity index is 2.08. The van der Waals surface area contributed by atoms with E-state index in [0.717, 1.165) is 18.2 Å². The Morgan fingerprint density at radius 2 is 1.90 bits per heavy atom. The third-order valence-electron chi connectivity index (χ3n) is 2.38. The normalized spacial score (nSPS) is 10.4. The van der Waals surface area contributed by atoms with Crippen LogP contribution in [-0.2, 0) is 11.3 Å². The maximum Gasteiger partial charge on any atom is 0.338 e. The van der Waals surface area contributed by atoms with Gasteiger partial charge in [0.1, 0.15) is 11.8 Å². The van der Waals surface area contributed by atoms with Crippen molar-refractivity contribution < 1.29 is 18.3 Å². The molecule has 0 aliphatic carbocycles. The summed E-state index contributed by atoms with van der Waals surface area (Å²) in [4.78, 5) is 15.6. The number of carbonyl (C=O) groups excluding carboxylic acids is 1. The van der Waals surface area contributed by atoms with Gasteiger partial charge in [-0.15, -0.1) is 0 Å². The molecule has 104 valence electrons. The summed E-state index contributed by atoms with van der Waals surface area (Å²) < 4.78 is 30.6. The molecule has 2 aromatic rings. The Labute approximate surface area is 123 Å². The van der Waals surface area contributed by atoms with Gasteiger partial charge < -0.3 is 4.74 Å². The molecule has 3 nitrogen and oxygen atoms in total. The van der Waals surface area contributed by atoms with Crippen LogP contribution in [-0.4, -0.2) is 11.0 Å². The zero-order valence-corrected chi connectivity index (χ0v) is 11.4. The van der Waals surface area contributed by atoms with Gasteiger partial charge in [0.15, 0.2) is 11.6 Å². The summed E-state index contributed by atoms with van der Waals surface area (Å²) in [6.45, 7) is -0.225. The van der Waals surface area contributed by atoms with Crippen LogP contribution in [0.25, 0.3) is 0 Å². The number of carbonyl (C=O) groups is 1. The molecule has 0 bridgehead atoms. The average Bonchev–Trinajstić information content (AvgIpc) is 2.42. The van der Waals surface area contributed by atoms with Crippen molar-refractivity contribution in [3.63, 3.8) is 0 Å². The monoisotopic (exact) mass is 317 g/mol. The lowest BCUT2D eigenvalue weighted by molar-refractivity contribution is 0.0467. The van der Waals surface area contributed by atoms with Crippen molar-refractivity contribution in [2.24, 2.45) is 0 Å². The highest BCUT2D eigenvalue weighted by Crippen LogP contribution is 2.18. The van der Waals surface area contributed by atoms with Crippen molar-refractivity contribution in [3.8, 4) is 0 Å². The van der Waals surface area contributed by atoms with Gasteiger partial charge in [-0.3, -0.25) is 0 Å². The fraction of sp³-hybridized carbons (Fsp3) is 0.0769. The minimum absolute atomic E-state index is 0.109. The topological polar surface area (TPSA) is 39.2 Å². The Kier molecular flexibility index (Phi) is 4.52. The summed E-state index contributed by atoms with van der Waals surface area (Å²) in [5, 5.41) is 0.487. The number of pyridine rings is 1. The van der Waals surface area contributed by atoms with Crippen LogP contribution in [0.4, 0.5) is 8.78 Å². The molecule has 20 heavy (non-hydrogen) atoms. The van der Waals surface area contributed by atoms with Crippen molar-refractivity contribution in [2.75, 3.05) is 0 Å². The highest BCUT2D eigenvalue weighted by Gasteiger charge is 2.12. The predicted molar refractivity (Wildman–Crippen MR) is 69.7 cm³/mol. The van der Waals surface area contributed by atoms with E-state index in [0.29, 0.717) is 0 Å². The fourth-order valence-electron chi connectivity index (χ4n) is 1.40. The number of ether oxygens (including phenoxy) is 1. The van der Waals surface area contributed by atoms with E-state index < -0.39 is 17.6 Å². The van der Waals surface area contributed by atoms with Crippen LogP contribution in [0.5, 0.6) is 0 Å². The molecule has 0 amide bonds. The van der Waals surface area contributed by atoms with Gasteiger partial charge in [-0.2, -0.15) is 0 Å². The number of aromatic nitrogens is 1. The molecule has 0 atom stereocenters. The number of hydrogen-bond donors (Lipinski definition) is 0. The number of benzene rings is 1. The molecular formula is C13H7Cl2F2NO2. The molecule has 0 saturated carbocycles. The summed E-state index contributed by atoms with van der Waals surface area (Å²) >= 11 is 11.5. The largest absolute Gasteiger partial charge is 0.456 e. The Bertz CT molecular complexity index is 665. The highest BCUT2D eigenvalue weighted by molar-refractivity contribution is 6.32. The molecule has 0 saturated heterocycles. The first-order chi connectivity index (χ1) is 9.47. The molecule has 0 fully saturated rings. The van der Waals surface area contributed by atoms with E-state index in [4.69, 9.17) is 27.9 Å². The molecule has 0 spiro atoms. The molecular weight excluding hydrogens is 311 g/mol. The second-order valence-electron chi connectivity index (χ2n) is 3.77. The molecule has 1 aromatic heterocycles. The zero-order chi connectivity index (χ0) is 14.7. The first-order valence-electron chi connectivity index (χ1n) is 5.40. The van der Waals surface area contributed by atoms with E-state index in [1.807, 2.05) is 0 Å². The second-order valence-corrected chi connectivity index (χ2v) is 4.56. The van der Waals surface area contributed by atoms with Crippen molar-refractivity contribution in [1.29, 1.82) is 0 Å². The van der Waals surface area contributed by atoms with Gasteiger partial charge in [-0.05, 0) is 30.3 Å². The maximum absolute atomic E-state index is 13.0. The number of hydrogen-bond acceptors (Lipinski definition) is 3. The smallest absolute Gasteiger partial charge is 0.338 e. The molecule has 1 heterocycles. The third kappa shape index (κ3) is 3.43. The average molecular weight is 318 g/mol. The summed E-state index contributed by atoms with van der Waals surface area (Å²) in [7, 11) is 0. The molecule has 0 aliphatic rings. The van der Waals surface area contributed by atoms with Crippen LogP contribution in [0, 0.1) is 11.6 Å². The van der Waals surface area contributed by atoms with Crippen LogP contribution < -0.4 is 0 Å². The summed E-state index contributed by atoms with van der Waals surface area (Å²) in [5.74, 6) is -2.98. The Morgan fingerprint density at radius 1 is 1.15 bits per heavy atom. The van der Waals surface area contributed by atoms with E-state index in [2.05, 4.69) is 4.98 Å². The minimum atomic E-state index is -1.13. The lowest BCUT2D eigenvalue weighted by Crippen LogP contribution is -2.07. The van der Waals surface area contributed by atoms with Crippen LogP contribution in [0.2, 0.25) is 10.2 Å². The lowest BCUT2D eigenvalue weighted by Gasteiger charge is -2.06. The van der Waals surface area contributed by atoms with Crippen molar-refractivity contribution in [2.45, 2.75) is 6.61 Å². The molecule has 0 aliphatic heterocycles. The summed E-state index contributed by atoms with van der Waals surface area (Å²) in [6, 6.07) is 5.72. The quantitative estimate of drug-likeness (QED) is 0.634. The van der Waals surface area contributed by atoms with E-state index in [1.165, 1.54) is 12.1 Å². The zero-order valence-electron chi connectivity index (χ0n) is 9.87. The van der Waals surface area contributed by atoms with Gasteiger partial charge in [0.05, 0.1) is 16.3 Å². The van der Waals surface area contributed by atoms with Crippen molar-refractivity contribution in [3.05, 3.63) is 63.4 Å². The first-order valence-corrected chi connectivity index (χ1v) is 6.16. The van der Waals surface area contributed by atoms with Crippen LogP contribution in [0.1, 0.15) is 16.1 Å². The number of nitrogens with zero attached hydrogens (tertiary/aromatic N) is 1. The summed E-state index contributed by atoms with van der Waals surface area (Å²) in [5.41, 5.74) is 0.164. The molecule has 1 aromatic carbocycles. The van der Waals surface area contributed by atoms with Gasteiger partial charge in [-0.25, -0.2) is 18.6 Å². The van der Waals surface area contributed by atoms with Gasteiger partial charge in [0.25, 0.3) is 0 Å². The Hall–Kier alpha value is -1.72. The molecule has 0 N–H and O–H groups in total. The fourth-order valence-corrected chi connectivity index (χ4v) is 1.72. The standard InChI is InChI=1S/C13H7Cl2F2NO2/c14-8-2-4-12(15)18-11(8)6-20-13(19)7-1-3-9(16)10(17)5-7/h1-5H,6H2. The van der Waals surface area contributed by atoms with Gasteiger partial charge in [-0.1, -0.05) is 23.2 Å². The van der Waals surface area contributed by atoms with E-state index in [-0.39, 0.29) is 28.0 Å². The van der Waals surface area contributed by atoms with Crippen LogP contribution in [0.3, 0.4) is 0 Å². The molecule has 0 unspecified atom stereocenters. The van der Waals surface area contributed by atoms with E-state index in [9.17, 15) is 13.6 Å². The van der Waals surface area contributed by atoms with Crippen molar-refractivity contribution >= 4 is 29.2 Å². The van der Waals surface area contributed by atoms with E-state index >= 15 is 0 Å². The Morgan fingerprint density at radius 3 is 2.60 bits per heavy atom. The SMILES string of the molecule is O=C(OCc1nc(Cl)ccc1Cl)c1ccc(F)c(F)c1. The van der Waals surface area contributed by atoms with Crippen LogP contribution >= 0.6 is 23.2 Å². The van der Waals surface area contributed by atoms with Crippen molar-refractivity contribution in [1.82, 2.24) is 4.98 Å².